The molecule has 0 unspecified atom stereocenters. The Kier molecular flexibility index (Phi) is 5.42. The van der Waals surface area contributed by atoms with Crippen molar-refractivity contribution in [3.8, 4) is 5.75 Å². The second kappa shape index (κ2) is 7.51. The Labute approximate surface area is 133 Å². The first-order valence-electron chi connectivity index (χ1n) is 7.49. The Morgan fingerprint density at radius 2 is 1.55 bits per heavy atom. The molecule has 0 atom stereocenters. The van der Waals surface area contributed by atoms with Crippen molar-refractivity contribution < 1.29 is 4.74 Å². The van der Waals surface area contributed by atoms with Crippen LogP contribution in [0.4, 0.5) is 5.69 Å². The van der Waals surface area contributed by atoms with Gasteiger partial charge in [0.25, 0.3) is 0 Å². The van der Waals surface area contributed by atoms with E-state index in [-0.39, 0.29) is 0 Å². The third-order valence-electron chi connectivity index (χ3n) is 3.46. The van der Waals surface area contributed by atoms with E-state index in [2.05, 4.69) is 47.9 Å². The maximum atomic E-state index is 5.50. The average molecular weight is 293 g/mol. The summed E-state index contributed by atoms with van der Waals surface area (Å²) in [7, 11) is 4.09. The molecular formula is C20H23NO. The normalized spacial score (nSPS) is 11.1. The van der Waals surface area contributed by atoms with Gasteiger partial charge in [0.2, 0.25) is 0 Å². The fourth-order valence-corrected chi connectivity index (χ4v) is 2.31. The molecule has 114 valence electrons. The molecule has 0 aliphatic carbocycles. The third-order valence-corrected chi connectivity index (χ3v) is 3.46. The minimum absolute atomic E-state index is 0.681. The second-order valence-corrected chi connectivity index (χ2v) is 5.21. The van der Waals surface area contributed by atoms with Gasteiger partial charge in [0, 0.05) is 19.8 Å². The van der Waals surface area contributed by atoms with Gasteiger partial charge in [-0.05, 0) is 47.9 Å². The van der Waals surface area contributed by atoms with Crippen LogP contribution in [-0.4, -0.2) is 20.7 Å². The van der Waals surface area contributed by atoms with Crippen LogP contribution in [0.15, 0.2) is 67.3 Å². The number of nitrogens with zero attached hydrogens (tertiary/aromatic N) is 1. The summed E-state index contributed by atoms with van der Waals surface area (Å²) in [4.78, 5) is 2.09. The highest BCUT2D eigenvalue weighted by molar-refractivity contribution is 5.81. The quantitative estimate of drug-likeness (QED) is 0.711. The zero-order chi connectivity index (χ0) is 15.9. The summed E-state index contributed by atoms with van der Waals surface area (Å²) in [6, 6.07) is 16.7. The molecule has 2 rings (SSSR count). The van der Waals surface area contributed by atoms with Gasteiger partial charge in [-0.15, -0.1) is 0 Å². The largest absolute Gasteiger partial charge is 0.494 e. The van der Waals surface area contributed by atoms with E-state index in [1.807, 2.05) is 45.3 Å². The van der Waals surface area contributed by atoms with Crippen molar-refractivity contribution >= 4 is 11.3 Å². The predicted molar refractivity (Wildman–Crippen MR) is 95.7 cm³/mol. The first-order chi connectivity index (χ1) is 10.7. The summed E-state index contributed by atoms with van der Waals surface area (Å²) in [5, 5.41) is 0. The summed E-state index contributed by atoms with van der Waals surface area (Å²) in [5.74, 6) is 0.896. The Hall–Kier alpha value is -2.48. The van der Waals surface area contributed by atoms with E-state index in [9.17, 15) is 0 Å². The molecule has 0 radical (unpaired) electrons. The molecule has 0 saturated heterocycles. The van der Waals surface area contributed by atoms with Gasteiger partial charge in [0.05, 0.1) is 6.61 Å². The molecule has 0 heterocycles. The number of ether oxygens (including phenoxy) is 1. The molecule has 0 fully saturated rings. The predicted octanol–water partition coefficient (Wildman–Crippen LogP) is 4.77. The molecular weight excluding hydrogens is 270 g/mol. The highest BCUT2D eigenvalue weighted by atomic mass is 16.5. The molecule has 0 amide bonds. The molecule has 2 aromatic carbocycles. The van der Waals surface area contributed by atoms with Crippen molar-refractivity contribution in [2.75, 3.05) is 25.6 Å². The molecule has 0 saturated carbocycles. The van der Waals surface area contributed by atoms with Gasteiger partial charge in [-0.3, -0.25) is 0 Å². The van der Waals surface area contributed by atoms with Crippen LogP contribution in [0.2, 0.25) is 0 Å². The number of anilines is 1. The monoisotopic (exact) mass is 293 g/mol. The van der Waals surface area contributed by atoms with Gasteiger partial charge < -0.3 is 9.64 Å². The molecule has 0 bridgehead atoms. The second-order valence-electron chi connectivity index (χ2n) is 5.21. The molecule has 2 heteroatoms. The standard InChI is InChI=1S/C20H23NO/c1-5-7-20(16-8-12-18(13-9-16)21(3)4)17-10-14-19(15-11-17)22-6-2/h5,7-15H,1,6H2,2-4H3/b20-7-. The zero-order valence-corrected chi connectivity index (χ0v) is 13.5. The highest BCUT2D eigenvalue weighted by Gasteiger charge is 2.05. The Bertz CT molecular complexity index is 636. The van der Waals surface area contributed by atoms with Gasteiger partial charge in [0.1, 0.15) is 5.75 Å². The van der Waals surface area contributed by atoms with Crippen LogP contribution in [0.3, 0.4) is 0 Å². The van der Waals surface area contributed by atoms with Crippen LogP contribution in [0.25, 0.3) is 5.57 Å². The van der Waals surface area contributed by atoms with Crippen molar-refractivity contribution in [1.82, 2.24) is 0 Å². The van der Waals surface area contributed by atoms with Crippen LogP contribution in [0.1, 0.15) is 18.1 Å². The Morgan fingerprint density at radius 1 is 1.00 bits per heavy atom. The minimum Gasteiger partial charge on any atom is -0.494 e. The zero-order valence-electron chi connectivity index (χ0n) is 13.5. The van der Waals surface area contributed by atoms with Crippen LogP contribution in [-0.2, 0) is 0 Å². The summed E-state index contributed by atoms with van der Waals surface area (Å²) in [6.45, 7) is 6.51. The van der Waals surface area contributed by atoms with Crippen LogP contribution in [0, 0.1) is 0 Å². The maximum Gasteiger partial charge on any atom is 0.119 e. The van der Waals surface area contributed by atoms with Crippen LogP contribution < -0.4 is 9.64 Å². The topological polar surface area (TPSA) is 12.5 Å². The number of benzene rings is 2. The van der Waals surface area contributed by atoms with E-state index < -0.39 is 0 Å². The molecule has 0 aliphatic rings. The van der Waals surface area contributed by atoms with E-state index >= 15 is 0 Å². The lowest BCUT2D eigenvalue weighted by Gasteiger charge is -2.14. The summed E-state index contributed by atoms with van der Waals surface area (Å²) >= 11 is 0. The highest BCUT2D eigenvalue weighted by Crippen LogP contribution is 2.27. The van der Waals surface area contributed by atoms with Gasteiger partial charge in [-0.25, -0.2) is 0 Å². The summed E-state index contributed by atoms with van der Waals surface area (Å²) < 4.78 is 5.50. The first-order valence-corrected chi connectivity index (χ1v) is 7.49. The minimum atomic E-state index is 0.681. The summed E-state index contributed by atoms with van der Waals surface area (Å²) in [5.41, 5.74) is 4.67. The van der Waals surface area contributed by atoms with E-state index in [0.717, 1.165) is 16.9 Å². The Balaban J connectivity index is 2.33. The molecule has 0 spiro atoms. The van der Waals surface area contributed by atoms with Crippen molar-refractivity contribution in [2.24, 2.45) is 0 Å². The molecule has 0 aromatic heterocycles. The fraction of sp³-hybridized carbons (Fsp3) is 0.200. The number of rotatable bonds is 6. The van der Waals surface area contributed by atoms with E-state index in [4.69, 9.17) is 4.74 Å². The van der Waals surface area contributed by atoms with E-state index in [1.54, 1.807) is 0 Å². The Morgan fingerprint density at radius 3 is 2.00 bits per heavy atom. The average Bonchev–Trinajstić information content (AvgIpc) is 2.54. The number of allylic oxidation sites excluding steroid dienone is 2. The van der Waals surface area contributed by atoms with Gasteiger partial charge in [-0.1, -0.05) is 43.0 Å². The molecule has 0 N–H and O–H groups in total. The molecule has 22 heavy (non-hydrogen) atoms. The van der Waals surface area contributed by atoms with Gasteiger partial charge >= 0.3 is 0 Å². The van der Waals surface area contributed by atoms with Crippen molar-refractivity contribution in [1.29, 1.82) is 0 Å². The van der Waals surface area contributed by atoms with Gasteiger partial charge in [-0.2, -0.15) is 0 Å². The lowest BCUT2D eigenvalue weighted by molar-refractivity contribution is 0.340. The van der Waals surface area contributed by atoms with E-state index in [1.165, 1.54) is 11.3 Å². The van der Waals surface area contributed by atoms with Crippen LogP contribution in [0.5, 0.6) is 5.75 Å². The molecule has 2 nitrogen and oxygen atoms in total. The van der Waals surface area contributed by atoms with Crippen molar-refractivity contribution in [3.05, 3.63) is 78.4 Å². The molecule has 2 aromatic rings. The smallest absolute Gasteiger partial charge is 0.119 e. The third kappa shape index (κ3) is 3.79. The SMILES string of the molecule is C=C/C=C(\c1ccc(OCC)cc1)c1ccc(N(C)C)cc1. The maximum absolute atomic E-state index is 5.50. The summed E-state index contributed by atoms with van der Waals surface area (Å²) in [6.07, 6.45) is 3.87. The van der Waals surface area contributed by atoms with Crippen molar-refractivity contribution in [2.45, 2.75) is 6.92 Å². The molecule has 0 aliphatic heterocycles. The fourth-order valence-electron chi connectivity index (χ4n) is 2.31. The number of hydrogen-bond donors (Lipinski definition) is 0. The van der Waals surface area contributed by atoms with Gasteiger partial charge in [0.15, 0.2) is 0 Å². The lowest BCUT2D eigenvalue weighted by Crippen LogP contribution is -2.08. The van der Waals surface area contributed by atoms with Crippen LogP contribution >= 0.6 is 0 Å². The number of hydrogen-bond acceptors (Lipinski definition) is 2. The van der Waals surface area contributed by atoms with E-state index in [0.29, 0.717) is 6.61 Å². The first kappa shape index (κ1) is 15.9. The van der Waals surface area contributed by atoms with Crippen molar-refractivity contribution in [3.63, 3.8) is 0 Å². The lowest BCUT2D eigenvalue weighted by atomic mass is 9.97.